The standard InChI is InChI=1S/C27H33N5O3/c1-18(15-20-5-4-11-28-16-20)32-24-7-6-21-8-14-31(27(34)35-3)17-23(21)25(24)29-26(32)22-9-12-30(13-10-22)19(2)33/h4-7,11,16,18,22H,8-10,12-15,17H2,1-3H3/t18-/m1/s1. The molecule has 1 saturated heterocycles. The maximum absolute atomic E-state index is 12.3. The number of aromatic nitrogens is 3. The highest BCUT2D eigenvalue weighted by Crippen LogP contribution is 2.36. The lowest BCUT2D eigenvalue weighted by Crippen LogP contribution is -2.37. The molecule has 1 atom stereocenters. The second-order valence-electron chi connectivity index (χ2n) is 9.75. The number of nitrogens with zero attached hydrogens (tertiary/aromatic N) is 5. The van der Waals surface area contributed by atoms with E-state index in [2.05, 4.69) is 34.7 Å². The highest BCUT2D eigenvalue weighted by atomic mass is 16.5. The lowest BCUT2D eigenvalue weighted by atomic mass is 9.95. The molecule has 1 fully saturated rings. The maximum atomic E-state index is 12.3. The molecule has 1 aromatic carbocycles. The lowest BCUT2D eigenvalue weighted by Gasteiger charge is -2.32. The van der Waals surface area contributed by atoms with E-state index in [0.29, 0.717) is 13.1 Å². The molecule has 2 amide bonds. The van der Waals surface area contributed by atoms with E-state index in [4.69, 9.17) is 9.72 Å². The summed E-state index contributed by atoms with van der Waals surface area (Å²) >= 11 is 0. The Morgan fingerprint density at radius 3 is 2.63 bits per heavy atom. The van der Waals surface area contributed by atoms with Gasteiger partial charge in [-0.05, 0) is 55.9 Å². The van der Waals surface area contributed by atoms with Gasteiger partial charge in [0.1, 0.15) is 5.82 Å². The van der Waals surface area contributed by atoms with Crippen molar-refractivity contribution in [3.05, 3.63) is 59.2 Å². The van der Waals surface area contributed by atoms with Gasteiger partial charge in [-0.25, -0.2) is 9.78 Å². The van der Waals surface area contributed by atoms with Gasteiger partial charge in [0.2, 0.25) is 5.91 Å². The summed E-state index contributed by atoms with van der Waals surface area (Å²) in [5, 5.41) is 0. The number of amides is 2. The van der Waals surface area contributed by atoms with Crippen molar-refractivity contribution in [2.24, 2.45) is 0 Å². The third kappa shape index (κ3) is 4.49. The Morgan fingerprint density at radius 1 is 1.14 bits per heavy atom. The van der Waals surface area contributed by atoms with E-state index in [1.807, 2.05) is 17.2 Å². The molecule has 0 saturated carbocycles. The van der Waals surface area contributed by atoms with Gasteiger partial charge >= 0.3 is 6.09 Å². The van der Waals surface area contributed by atoms with Gasteiger partial charge in [0.15, 0.2) is 0 Å². The van der Waals surface area contributed by atoms with Crippen molar-refractivity contribution in [2.75, 3.05) is 26.7 Å². The van der Waals surface area contributed by atoms with Crippen LogP contribution in [0.5, 0.6) is 0 Å². The van der Waals surface area contributed by atoms with Crippen LogP contribution in [-0.4, -0.2) is 63.1 Å². The molecule has 0 N–H and O–H groups in total. The minimum Gasteiger partial charge on any atom is -0.453 e. The zero-order valence-electron chi connectivity index (χ0n) is 20.7. The van der Waals surface area contributed by atoms with Gasteiger partial charge < -0.3 is 19.1 Å². The monoisotopic (exact) mass is 475 g/mol. The number of imidazole rings is 1. The fourth-order valence-corrected chi connectivity index (χ4v) is 5.65. The second kappa shape index (κ2) is 9.68. The van der Waals surface area contributed by atoms with Crippen LogP contribution in [0, 0.1) is 0 Å². The van der Waals surface area contributed by atoms with Gasteiger partial charge in [-0.1, -0.05) is 12.1 Å². The summed E-state index contributed by atoms with van der Waals surface area (Å²) in [7, 11) is 1.43. The Hall–Kier alpha value is -3.42. The summed E-state index contributed by atoms with van der Waals surface area (Å²) < 4.78 is 7.39. The first-order valence-corrected chi connectivity index (χ1v) is 12.5. The molecule has 5 rings (SSSR count). The van der Waals surface area contributed by atoms with Crippen molar-refractivity contribution < 1.29 is 14.3 Å². The van der Waals surface area contributed by atoms with Gasteiger partial charge in [0, 0.05) is 56.5 Å². The summed E-state index contributed by atoms with van der Waals surface area (Å²) in [6, 6.07) is 8.67. The van der Waals surface area contributed by atoms with Crippen molar-refractivity contribution in [1.82, 2.24) is 24.3 Å². The number of piperidine rings is 1. The predicted octanol–water partition coefficient (Wildman–Crippen LogP) is 4.09. The molecule has 3 aromatic rings. The second-order valence-corrected chi connectivity index (χ2v) is 9.75. The largest absolute Gasteiger partial charge is 0.453 e. The Labute approximate surface area is 205 Å². The minimum absolute atomic E-state index is 0.138. The van der Waals surface area contributed by atoms with Crippen LogP contribution < -0.4 is 0 Å². The van der Waals surface area contributed by atoms with Crippen LogP contribution in [0.15, 0.2) is 36.7 Å². The summed E-state index contributed by atoms with van der Waals surface area (Å²) in [6.07, 6.45) is 6.88. The van der Waals surface area contributed by atoms with Crippen LogP contribution >= 0.6 is 0 Å². The number of fused-ring (bicyclic) bond motifs is 3. The third-order valence-electron chi connectivity index (χ3n) is 7.52. The van der Waals surface area contributed by atoms with Gasteiger partial charge in [-0.3, -0.25) is 9.78 Å². The zero-order chi connectivity index (χ0) is 24.5. The molecule has 0 radical (unpaired) electrons. The summed E-state index contributed by atoms with van der Waals surface area (Å²) in [4.78, 5) is 37.4. The molecule has 2 aliphatic heterocycles. The number of rotatable bonds is 4. The van der Waals surface area contributed by atoms with Crippen molar-refractivity contribution >= 4 is 23.0 Å². The molecule has 0 aliphatic carbocycles. The number of ether oxygens (including phenoxy) is 1. The van der Waals surface area contributed by atoms with Crippen LogP contribution in [0.4, 0.5) is 4.79 Å². The highest BCUT2D eigenvalue weighted by molar-refractivity contribution is 5.82. The van der Waals surface area contributed by atoms with Gasteiger partial charge in [-0.15, -0.1) is 0 Å². The fraction of sp³-hybridized carbons (Fsp3) is 0.481. The normalized spacial score (nSPS) is 17.3. The van der Waals surface area contributed by atoms with Crippen LogP contribution in [0.2, 0.25) is 0 Å². The molecular weight excluding hydrogens is 442 g/mol. The number of hydrogen-bond donors (Lipinski definition) is 0. The van der Waals surface area contributed by atoms with Crippen LogP contribution in [0.25, 0.3) is 11.0 Å². The number of carbonyl (C=O) groups excluding carboxylic acids is 2. The number of benzene rings is 1. The molecule has 35 heavy (non-hydrogen) atoms. The van der Waals surface area contributed by atoms with E-state index in [1.54, 1.807) is 18.0 Å². The average molecular weight is 476 g/mol. The maximum Gasteiger partial charge on any atom is 0.409 e. The summed E-state index contributed by atoms with van der Waals surface area (Å²) in [6.45, 7) is 6.56. The van der Waals surface area contributed by atoms with Crippen LogP contribution in [0.1, 0.15) is 61.2 Å². The molecule has 184 valence electrons. The quantitative estimate of drug-likeness (QED) is 0.568. The predicted molar refractivity (Wildman–Crippen MR) is 133 cm³/mol. The minimum atomic E-state index is -0.297. The molecule has 0 spiro atoms. The molecule has 4 heterocycles. The molecule has 8 heteroatoms. The fourth-order valence-electron chi connectivity index (χ4n) is 5.65. The summed E-state index contributed by atoms with van der Waals surface area (Å²) in [5.41, 5.74) is 5.65. The Balaban J connectivity index is 1.56. The first-order valence-electron chi connectivity index (χ1n) is 12.5. The number of likely N-dealkylation sites (tertiary alicyclic amines) is 1. The van der Waals surface area contributed by atoms with E-state index in [1.165, 1.54) is 18.2 Å². The van der Waals surface area contributed by atoms with E-state index in [9.17, 15) is 9.59 Å². The number of carbonyl (C=O) groups is 2. The number of pyridine rings is 1. The molecule has 0 bridgehead atoms. The Bertz CT molecular complexity index is 1230. The van der Waals surface area contributed by atoms with Crippen molar-refractivity contribution in [1.29, 1.82) is 0 Å². The van der Waals surface area contributed by atoms with E-state index < -0.39 is 0 Å². The molecular formula is C27H33N5O3. The van der Waals surface area contributed by atoms with E-state index in [0.717, 1.165) is 61.2 Å². The summed E-state index contributed by atoms with van der Waals surface area (Å²) in [5.74, 6) is 1.51. The first-order chi connectivity index (χ1) is 17.0. The Morgan fingerprint density at radius 2 is 1.94 bits per heavy atom. The first kappa shape index (κ1) is 23.3. The SMILES string of the molecule is COC(=O)N1CCc2ccc3c(nc(C4CCN(C(C)=O)CC4)n3[C@H](C)Cc3cccnc3)c2C1. The molecule has 2 aliphatic rings. The molecule has 2 aromatic heterocycles. The van der Waals surface area contributed by atoms with Crippen LogP contribution in [0.3, 0.4) is 0 Å². The highest BCUT2D eigenvalue weighted by Gasteiger charge is 2.31. The zero-order valence-corrected chi connectivity index (χ0v) is 20.7. The number of methoxy groups -OCH3 is 1. The number of hydrogen-bond acceptors (Lipinski definition) is 5. The van der Waals surface area contributed by atoms with Crippen LogP contribution in [-0.2, 0) is 28.9 Å². The van der Waals surface area contributed by atoms with Gasteiger partial charge in [-0.2, -0.15) is 0 Å². The lowest BCUT2D eigenvalue weighted by molar-refractivity contribution is -0.129. The van der Waals surface area contributed by atoms with Crippen molar-refractivity contribution in [3.8, 4) is 0 Å². The van der Waals surface area contributed by atoms with Crippen molar-refractivity contribution in [3.63, 3.8) is 0 Å². The third-order valence-corrected chi connectivity index (χ3v) is 7.52. The van der Waals surface area contributed by atoms with Crippen molar-refractivity contribution in [2.45, 2.75) is 58.0 Å². The van der Waals surface area contributed by atoms with Gasteiger partial charge in [0.05, 0.1) is 24.7 Å². The molecule has 8 nitrogen and oxygen atoms in total. The average Bonchev–Trinajstić information content (AvgIpc) is 3.29. The van der Waals surface area contributed by atoms with E-state index >= 15 is 0 Å². The van der Waals surface area contributed by atoms with Gasteiger partial charge in [0.25, 0.3) is 0 Å². The smallest absolute Gasteiger partial charge is 0.409 e. The Kier molecular flexibility index (Phi) is 6.45. The van der Waals surface area contributed by atoms with E-state index in [-0.39, 0.29) is 24.0 Å². The topological polar surface area (TPSA) is 80.6 Å². The molecule has 0 unspecified atom stereocenters.